The minimum atomic E-state index is -0.991. The van der Waals surface area contributed by atoms with Gasteiger partial charge in [-0.05, 0) is 32.1 Å². The molecule has 0 aromatic carbocycles. The quantitative estimate of drug-likeness (QED) is 0.329. The van der Waals surface area contributed by atoms with Crippen molar-refractivity contribution in [1.82, 2.24) is 0 Å². The van der Waals surface area contributed by atoms with Crippen molar-refractivity contribution >= 4 is 0 Å². The summed E-state index contributed by atoms with van der Waals surface area (Å²) >= 11 is 0. The van der Waals surface area contributed by atoms with Crippen molar-refractivity contribution in [1.29, 1.82) is 0 Å². The third kappa shape index (κ3) is 9.71. The van der Waals surface area contributed by atoms with Crippen LogP contribution in [0.15, 0.2) is 12.2 Å². The van der Waals surface area contributed by atoms with Crippen LogP contribution >= 0.6 is 0 Å². The first-order valence-electron chi connectivity index (χ1n) is 10.1. The SMILES string of the molecule is CCCCC/C=C/CCCCCCCO[C@H]1[C@H](O)[C@@H](O)CO[C@@H]1CO. The molecule has 0 radical (unpaired) electrons. The molecule has 0 bridgehead atoms. The molecule has 5 heteroatoms. The first-order chi connectivity index (χ1) is 12.2. The average Bonchev–Trinajstić information content (AvgIpc) is 2.62. The summed E-state index contributed by atoms with van der Waals surface area (Å²) in [5, 5.41) is 28.8. The summed E-state index contributed by atoms with van der Waals surface area (Å²) in [6.07, 6.45) is 13.5. The van der Waals surface area contributed by atoms with E-state index in [4.69, 9.17) is 9.47 Å². The van der Waals surface area contributed by atoms with Crippen molar-refractivity contribution in [3.05, 3.63) is 12.2 Å². The molecule has 0 aliphatic carbocycles. The molecule has 0 spiro atoms. The lowest BCUT2D eigenvalue weighted by Crippen LogP contribution is -2.55. The summed E-state index contributed by atoms with van der Waals surface area (Å²) < 4.78 is 10.9. The zero-order chi connectivity index (χ0) is 18.3. The second kappa shape index (κ2) is 14.7. The molecule has 25 heavy (non-hydrogen) atoms. The Morgan fingerprint density at radius 2 is 1.60 bits per heavy atom. The Morgan fingerprint density at radius 3 is 2.28 bits per heavy atom. The van der Waals surface area contributed by atoms with Gasteiger partial charge in [0.1, 0.15) is 24.4 Å². The molecule has 1 rings (SSSR count). The molecule has 3 N–H and O–H groups in total. The maximum atomic E-state index is 9.96. The summed E-state index contributed by atoms with van der Waals surface area (Å²) in [5.74, 6) is 0. The fourth-order valence-electron chi connectivity index (χ4n) is 3.08. The summed E-state index contributed by atoms with van der Waals surface area (Å²) in [7, 11) is 0. The monoisotopic (exact) mass is 358 g/mol. The van der Waals surface area contributed by atoms with E-state index in [0.717, 1.165) is 12.8 Å². The zero-order valence-electron chi connectivity index (χ0n) is 15.8. The van der Waals surface area contributed by atoms with Gasteiger partial charge in [-0.3, -0.25) is 0 Å². The molecule has 0 amide bonds. The number of unbranched alkanes of at least 4 members (excludes halogenated alkanes) is 8. The molecular formula is C20H38O5. The second-order valence-corrected chi connectivity index (χ2v) is 6.97. The predicted octanol–water partition coefficient (Wildman–Crippen LogP) is 2.96. The highest BCUT2D eigenvalue weighted by Gasteiger charge is 2.39. The predicted molar refractivity (Wildman–Crippen MR) is 99.6 cm³/mol. The molecular weight excluding hydrogens is 320 g/mol. The number of allylic oxidation sites excluding steroid dienone is 2. The van der Waals surface area contributed by atoms with Gasteiger partial charge in [-0.2, -0.15) is 0 Å². The molecule has 148 valence electrons. The average molecular weight is 359 g/mol. The van der Waals surface area contributed by atoms with Gasteiger partial charge in [0.05, 0.1) is 13.2 Å². The normalized spacial score (nSPS) is 27.2. The Labute approximate surface area is 153 Å². The van der Waals surface area contributed by atoms with Crippen molar-refractivity contribution in [2.45, 2.75) is 95.5 Å². The van der Waals surface area contributed by atoms with Crippen LogP contribution in [-0.2, 0) is 9.47 Å². The summed E-state index contributed by atoms with van der Waals surface area (Å²) in [4.78, 5) is 0. The highest BCUT2D eigenvalue weighted by atomic mass is 16.6. The van der Waals surface area contributed by atoms with Crippen LogP contribution in [0.4, 0.5) is 0 Å². The van der Waals surface area contributed by atoms with E-state index >= 15 is 0 Å². The molecule has 1 heterocycles. The highest BCUT2D eigenvalue weighted by molar-refractivity contribution is 4.87. The number of hydrogen-bond donors (Lipinski definition) is 3. The largest absolute Gasteiger partial charge is 0.394 e. The van der Waals surface area contributed by atoms with E-state index in [1.807, 2.05) is 0 Å². The lowest BCUT2D eigenvalue weighted by Gasteiger charge is -2.37. The fourth-order valence-corrected chi connectivity index (χ4v) is 3.08. The smallest absolute Gasteiger partial charge is 0.114 e. The Bertz CT molecular complexity index is 332. The molecule has 1 aliphatic heterocycles. The molecule has 1 fully saturated rings. The van der Waals surface area contributed by atoms with E-state index < -0.39 is 24.4 Å². The molecule has 5 nitrogen and oxygen atoms in total. The lowest BCUT2D eigenvalue weighted by atomic mass is 10.0. The first-order valence-corrected chi connectivity index (χ1v) is 10.1. The van der Waals surface area contributed by atoms with E-state index in [1.54, 1.807) is 0 Å². The summed E-state index contributed by atoms with van der Waals surface area (Å²) in [6, 6.07) is 0. The fraction of sp³-hybridized carbons (Fsp3) is 0.900. The van der Waals surface area contributed by atoms with E-state index in [0.29, 0.717) is 6.61 Å². The second-order valence-electron chi connectivity index (χ2n) is 6.97. The molecule has 4 atom stereocenters. The molecule has 0 saturated carbocycles. The number of ether oxygens (including phenoxy) is 2. The van der Waals surface area contributed by atoms with Crippen LogP contribution in [0.3, 0.4) is 0 Å². The van der Waals surface area contributed by atoms with E-state index in [2.05, 4.69) is 19.1 Å². The maximum Gasteiger partial charge on any atom is 0.114 e. The third-order valence-electron chi connectivity index (χ3n) is 4.72. The number of hydrogen-bond acceptors (Lipinski definition) is 5. The van der Waals surface area contributed by atoms with E-state index in [-0.39, 0.29) is 13.2 Å². The first kappa shape index (κ1) is 22.6. The third-order valence-corrected chi connectivity index (χ3v) is 4.72. The topological polar surface area (TPSA) is 79.2 Å². The van der Waals surface area contributed by atoms with Gasteiger partial charge in [-0.1, -0.05) is 51.2 Å². The summed E-state index contributed by atoms with van der Waals surface area (Å²) in [5.41, 5.74) is 0. The van der Waals surface area contributed by atoms with Crippen molar-refractivity contribution in [3.8, 4) is 0 Å². The summed E-state index contributed by atoms with van der Waals surface area (Å²) in [6.45, 7) is 2.58. The van der Waals surface area contributed by atoms with Gasteiger partial charge in [-0.15, -0.1) is 0 Å². The molecule has 1 aliphatic rings. The number of rotatable bonds is 14. The van der Waals surface area contributed by atoms with Crippen molar-refractivity contribution in [3.63, 3.8) is 0 Å². The zero-order valence-corrected chi connectivity index (χ0v) is 15.8. The van der Waals surface area contributed by atoms with Gasteiger partial charge in [0.25, 0.3) is 0 Å². The van der Waals surface area contributed by atoms with Gasteiger partial charge in [-0.25, -0.2) is 0 Å². The van der Waals surface area contributed by atoms with Crippen LogP contribution in [0.2, 0.25) is 0 Å². The van der Waals surface area contributed by atoms with Crippen LogP contribution in [0, 0.1) is 0 Å². The van der Waals surface area contributed by atoms with Gasteiger partial charge >= 0.3 is 0 Å². The van der Waals surface area contributed by atoms with Crippen molar-refractivity contribution < 1.29 is 24.8 Å². The minimum absolute atomic E-state index is 0.0410. The molecule has 0 aromatic rings. The van der Waals surface area contributed by atoms with Crippen LogP contribution in [-0.4, -0.2) is 59.6 Å². The van der Waals surface area contributed by atoms with Gasteiger partial charge in [0.15, 0.2) is 0 Å². The molecule has 0 aromatic heterocycles. The number of aliphatic hydroxyl groups is 3. The van der Waals surface area contributed by atoms with Crippen LogP contribution < -0.4 is 0 Å². The van der Waals surface area contributed by atoms with Gasteiger partial charge < -0.3 is 24.8 Å². The minimum Gasteiger partial charge on any atom is -0.394 e. The Balaban J connectivity index is 1.97. The van der Waals surface area contributed by atoms with Crippen LogP contribution in [0.25, 0.3) is 0 Å². The van der Waals surface area contributed by atoms with Gasteiger partial charge in [0.2, 0.25) is 0 Å². The van der Waals surface area contributed by atoms with E-state index in [1.165, 1.54) is 51.4 Å². The van der Waals surface area contributed by atoms with Gasteiger partial charge in [0, 0.05) is 6.61 Å². The van der Waals surface area contributed by atoms with Crippen molar-refractivity contribution in [2.75, 3.05) is 19.8 Å². The highest BCUT2D eigenvalue weighted by Crippen LogP contribution is 2.19. The van der Waals surface area contributed by atoms with Crippen LogP contribution in [0.1, 0.15) is 71.1 Å². The lowest BCUT2D eigenvalue weighted by molar-refractivity contribution is -0.211. The Morgan fingerprint density at radius 1 is 0.960 bits per heavy atom. The Hall–Kier alpha value is -0.460. The van der Waals surface area contributed by atoms with Crippen LogP contribution in [0.5, 0.6) is 0 Å². The standard InChI is InChI=1S/C20H38O5/c1-2-3-4-5-6-7-8-9-10-11-12-13-14-24-20-18(15-21)25-16-17(22)19(20)23/h6-7,17-23H,2-5,8-16H2,1H3/b7-6+/t17-,18+,19+,20+/m0/s1. The molecule has 0 unspecified atom stereocenters. The number of aliphatic hydroxyl groups excluding tert-OH is 3. The molecule has 1 saturated heterocycles. The van der Waals surface area contributed by atoms with Crippen molar-refractivity contribution in [2.24, 2.45) is 0 Å². The Kier molecular flexibility index (Phi) is 13.3. The van der Waals surface area contributed by atoms with E-state index in [9.17, 15) is 15.3 Å². The maximum absolute atomic E-state index is 9.96.